The highest BCUT2D eigenvalue weighted by molar-refractivity contribution is 5.04. The molecule has 0 spiro atoms. The Bertz CT molecular complexity index is 312. The first-order valence-electron chi connectivity index (χ1n) is 7.25. The van der Waals surface area contributed by atoms with E-state index in [0.717, 1.165) is 19.3 Å². The molecular weight excluding hydrogens is 253 g/mol. The van der Waals surface area contributed by atoms with Crippen LogP contribution in [0.1, 0.15) is 40.0 Å². The normalized spacial score (nSPS) is 33.9. The van der Waals surface area contributed by atoms with Crippen LogP contribution in [-0.4, -0.2) is 42.3 Å². The quantitative estimate of drug-likeness (QED) is 0.850. The van der Waals surface area contributed by atoms with Crippen molar-refractivity contribution in [3.8, 4) is 0 Å². The zero-order valence-corrected chi connectivity index (χ0v) is 12.1. The van der Waals surface area contributed by atoms with Crippen LogP contribution in [0.3, 0.4) is 0 Å². The lowest BCUT2D eigenvalue weighted by atomic mass is 9.89. The van der Waals surface area contributed by atoms with Gasteiger partial charge >= 0.3 is 6.18 Å². The van der Waals surface area contributed by atoms with Crippen LogP contribution in [0.2, 0.25) is 0 Å². The number of rotatable bonds is 4. The van der Waals surface area contributed by atoms with Gasteiger partial charge in [0.05, 0.1) is 6.54 Å². The molecule has 2 nitrogen and oxygen atoms in total. The highest BCUT2D eigenvalue weighted by atomic mass is 19.4. The summed E-state index contributed by atoms with van der Waals surface area (Å²) in [6, 6.07) is 0.00782. The molecule has 1 heterocycles. The molecule has 1 aliphatic carbocycles. The smallest absolute Gasteiger partial charge is 0.308 e. The molecule has 0 aromatic heterocycles. The van der Waals surface area contributed by atoms with Gasteiger partial charge in [0.1, 0.15) is 0 Å². The molecule has 0 bridgehead atoms. The molecule has 5 heteroatoms. The van der Waals surface area contributed by atoms with E-state index in [1.54, 1.807) is 4.90 Å². The Morgan fingerprint density at radius 2 is 1.95 bits per heavy atom. The van der Waals surface area contributed by atoms with E-state index in [0.29, 0.717) is 24.9 Å². The van der Waals surface area contributed by atoms with Gasteiger partial charge in [-0.1, -0.05) is 13.8 Å². The molecule has 1 saturated heterocycles. The Balaban J connectivity index is 2.04. The first-order valence-corrected chi connectivity index (χ1v) is 7.25. The Morgan fingerprint density at radius 1 is 1.32 bits per heavy atom. The average molecular weight is 278 g/mol. The lowest BCUT2D eigenvalue weighted by Crippen LogP contribution is -2.65. The van der Waals surface area contributed by atoms with E-state index >= 15 is 0 Å². The van der Waals surface area contributed by atoms with Gasteiger partial charge < -0.3 is 5.32 Å². The highest BCUT2D eigenvalue weighted by Crippen LogP contribution is 2.42. The number of halogens is 3. The Kier molecular flexibility index (Phi) is 4.17. The van der Waals surface area contributed by atoms with Crippen molar-refractivity contribution >= 4 is 0 Å². The van der Waals surface area contributed by atoms with Crippen LogP contribution in [0.25, 0.3) is 0 Å². The van der Waals surface area contributed by atoms with E-state index in [-0.39, 0.29) is 11.6 Å². The van der Waals surface area contributed by atoms with Gasteiger partial charge in [-0.15, -0.1) is 0 Å². The van der Waals surface area contributed by atoms with Crippen molar-refractivity contribution in [3.63, 3.8) is 0 Å². The van der Waals surface area contributed by atoms with Gasteiger partial charge in [-0.3, -0.25) is 4.90 Å². The van der Waals surface area contributed by atoms with Crippen LogP contribution >= 0.6 is 0 Å². The zero-order chi connectivity index (χ0) is 14.3. The third-order valence-electron chi connectivity index (χ3n) is 4.39. The van der Waals surface area contributed by atoms with Crippen LogP contribution in [0, 0.1) is 11.8 Å². The standard InChI is InChI=1S/C14H25F3N2/c1-10(2)6-12-7-18-13(3,11-4-5-11)8-19(12)9-14(15,16)17/h10-12,18H,4-9H2,1-3H3. The number of nitrogens with one attached hydrogen (secondary N) is 1. The minimum absolute atomic E-state index is 0.00782. The van der Waals surface area contributed by atoms with Gasteiger partial charge in [-0.25, -0.2) is 0 Å². The Hall–Kier alpha value is -0.290. The van der Waals surface area contributed by atoms with E-state index in [1.807, 2.05) is 0 Å². The second kappa shape index (κ2) is 5.24. The molecule has 2 atom stereocenters. The van der Waals surface area contributed by atoms with Crippen LogP contribution in [0.5, 0.6) is 0 Å². The second-order valence-electron chi connectivity index (χ2n) is 6.88. The summed E-state index contributed by atoms with van der Waals surface area (Å²) in [5.41, 5.74) is -0.126. The maximum Gasteiger partial charge on any atom is 0.401 e. The molecule has 1 saturated carbocycles. The minimum Gasteiger partial charge on any atom is -0.308 e. The van der Waals surface area contributed by atoms with E-state index in [1.165, 1.54) is 0 Å². The third kappa shape index (κ3) is 4.09. The average Bonchev–Trinajstić information content (AvgIpc) is 3.03. The molecule has 2 fully saturated rings. The Labute approximate surface area is 113 Å². The molecule has 19 heavy (non-hydrogen) atoms. The monoisotopic (exact) mass is 278 g/mol. The summed E-state index contributed by atoms with van der Waals surface area (Å²) in [6.45, 7) is 6.66. The summed E-state index contributed by atoms with van der Waals surface area (Å²) >= 11 is 0. The molecule has 0 amide bonds. The van der Waals surface area contributed by atoms with Crippen molar-refractivity contribution in [2.24, 2.45) is 11.8 Å². The predicted octanol–water partition coefficient (Wildman–Crippen LogP) is 3.04. The van der Waals surface area contributed by atoms with Crippen LogP contribution in [-0.2, 0) is 0 Å². The SMILES string of the molecule is CC(C)CC1CNC(C)(C2CC2)CN1CC(F)(F)F. The zero-order valence-electron chi connectivity index (χ0n) is 12.1. The van der Waals surface area contributed by atoms with Crippen molar-refractivity contribution in [3.05, 3.63) is 0 Å². The van der Waals surface area contributed by atoms with Gasteiger partial charge in [0.25, 0.3) is 0 Å². The minimum atomic E-state index is -4.10. The highest BCUT2D eigenvalue weighted by Gasteiger charge is 2.47. The van der Waals surface area contributed by atoms with Crippen molar-refractivity contribution in [1.82, 2.24) is 10.2 Å². The summed E-state index contributed by atoms with van der Waals surface area (Å²) in [4.78, 5) is 1.66. The number of hydrogen-bond donors (Lipinski definition) is 1. The molecule has 0 aromatic carbocycles. The fourth-order valence-electron chi connectivity index (χ4n) is 3.27. The van der Waals surface area contributed by atoms with Gasteiger partial charge in [0.2, 0.25) is 0 Å². The molecule has 1 N–H and O–H groups in total. The maximum atomic E-state index is 12.8. The van der Waals surface area contributed by atoms with E-state index < -0.39 is 12.7 Å². The molecular formula is C14H25F3N2. The van der Waals surface area contributed by atoms with Crippen molar-refractivity contribution in [2.45, 2.75) is 57.8 Å². The topological polar surface area (TPSA) is 15.3 Å². The van der Waals surface area contributed by atoms with Crippen LogP contribution < -0.4 is 5.32 Å². The van der Waals surface area contributed by atoms with Gasteiger partial charge in [0, 0.05) is 24.7 Å². The third-order valence-corrected chi connectivity index (χ3v) is 4.39. The molecule has 2 unspecified atom stereocenters. The lowest BCUT2D eigenvalue weighted by Gasteiger charge is -2.47. The van der Waals surface area contributed by atoms with Crippen molar-refractivity contribution < 1.29 is 13.2 Å². The van der Waals surface area contributed by atoms with Crippen molar-refractivity contribution in [2.75, 3.05) is 19.6 Å². The fourth-order valence-corrected chi connectivity index (χ4v) is 3.27. The van der Waals surface area contributed by atoms with E-state index in [2.05, 4.69) is 26.1 Å². The number of alkyl halides is 3. The summed E-state index contributed by atoms with van der Waals surface area (Å²) in [5, 5.41) is 3.52. The summed E-state index contributed by atoms with van der Waals surface area (Å²) in [5.74, 6) is 0.982. The second-order valence-corrected chi connectivity index (χ2v) is 6.88. The lowest BCUT2D eigenvalue weighted by molar-refractivity contribution is -0.157. The molecule has 1 aliphatic heterocycles. The van der Waals surface area contributed by atoms with E-state index in [9.17, 15) is 13.2 Å². The first kappa shape index (κ1) is 15.1. The predicted molar refractivity (Wildman–Crippen MR) is 70.0 cm³/mol. The van der Waals surface area contributed by atoms with Gasteiger partial charge in [0.15, 0.2) is 0 Å². The van der Waals surface area contributed by atoms with Gasteiger partial charge in [-0.05, 0) is 38.0 Å². The number of hydrogen-bond acceptors (Lipinski definition) is 2. The van der Waals surface area contributed by atoms with Crippen LogP contribution in [0.4, 0.5) is 13.2 Å². The summed E-state index contributed by atoms with van der Waals surface area (Å²) in [7, 11) is 0. The fraction of sp³-hybridized carbons (Fsp3) is 1.00. The molecule has 0 aromatic rings. The first-order chi connectivity index (χ1) is 8.70. The maximum absolute atomic E-state index is 12.8. The molecule has 112 valence electrons. The summed E-state index contributed by atoms with van der Waals surface area (Å²) in [6.07, 6.45) is -0.975. The molecule has 0 radical (unpaired) electrons. The number of piperazine rings is 1. The van der Waals surface area contributed by atoms with Crippen molar-refractivity contribution in [1.29, 1.82) is 0 Å². The largest absolute Gasteiger partial charge is 0.401 e. The Morgan fingerprint density at radius 3 is 2.42 bits per heavy atom. The molecule has 2 aliphatic rings. The van der Waals surface area contributed by atoms with E-state index in [4.69, 9.17) is 0 Å². The van der Waals surface area contributed by atoms with Gasteiger partial charge in [-0.2, -0.15) is 13.2 Å². The number of nitrogens with zero attached hydrogens (tertiary/aromatic N) is 1. The molecule has 2 rings (SSSR count). The summed E-state index contributed by atoms with van der Waals surface area (Å²) < 4.78 is 38.3. The van der Waals surface area contributed by atoms with Crippen LogP contribution in [0.15, 0.2) is 0 Å².